The summed E-state index contributed by atoms with van der Waals surface area (Å²) in [6.45, 7) is 4.88. The van der Waals surface area contributed by atoms with Crippen molar-refractivity contribution in [2.24, 2.45) is 0 Å². The number of rotatable bonds is 2. The number of nitrogens with zero attached hydrogens (tertiary/aromatic N) is 2. The Morgan fingerprint density at radius 3 is 3.06 bits per heavy atom. The van der Waals surface area contributed by atoms with Crippen LogP contribution < -0.4 is 5.32 Å². The van der Waals surface area contributed by atoms with Crippen LogP contribution in [0.1, 0.15) is 30.6 Å². The maximum Gasteiger partial charge on any atom is 0.113 e. The fourth-order valence-corrected chi connectivity index (χ4v) is 3.44. The van der Waals surface area contributed by atoms with Crippen LogP contribution in [0.3, 0.4) is 0 Å². The number of hydrogen-bond donors (Lipinski definition) is 1. The minimum atomic E-state index is -0.468. The van der Waals surface area contributed by atoms with E-state index in [1.165, 1.54) is 5.75 Å². The highest BCUT2D eigenvalue weighted by atomic mass is 32.2. The van der Waals surface area contributed by atoms with Crippen LogP contribution in [0.25, 0.3) is 0 Å². The highest BCUT2D eigenvalue weighted by Gasteiger charge is 2.26. The topological polar surface area (TPSA) is 48.7 Å². The van der Waals surface area contributed by atoms with Crippen molar-refractivity contribution >= 4 is 23.1 Å². The van der Waals surface area contributed by atoms with Crippen molar-refractivity contribution in [1.29, 1.82) is 5.26 Å². The van der Waals surface area contributed by atoms with Crippen LogP contribution in [0.4, 0.5) is 0 Å². The van der Waals surface area contributed by atoms with Gasteiger partial charge in [-0.2, -0.15) is 17.0 Å². The molecule has 2 heterocycles. The van der Waals surface area contributed by atoms with Gasteiger partial charge in [0.05, 0.1) is 17.8 Å². The van der Waals surface area contributed by atoms with E-state index in [4.69, 9.17) is 5.26 Å². The molecule has 0 spiro atoms. The van der Waals surface area contributed by atoms with E-state index < -0.39 is 5.41 Å². The first-order valence-corrected chi connectivity index (χ1v) is 7.35. The first-order chi connectivity index (χ1) is 7.63. The number of hydrogen-bond acceptors (Lipinski definition) is 5. The van der Waals surface area contributed by atoms with Gasteiger partial charge in [0.2, 0.25) is 0 Å². The number of nitrogens with one attached hydrogen (secondary N) is 1. The fraction of sp³-hybridized carbons (Fsp3) is 0.636. The highest BCUT2D eigenvalue weighted by Crippen LogP contribution is 2.29. The minimum Gasteiger partial charge on any atom is -0.307 e. The molecule has 5 heteroatoms. The van der Waals surface area contributed by atoms with Crippen LogP contribution in [-0.2, 0) is 5.41 Å². The van der Waals surface area contributed by atoms with Gasteiger partial charge in [-0.3, -0.25) is 0 Å². The lowest BCUT2D eigenvalue weighted by atomic mass is 9.97. The van der Waals surface area contributed by atoms with Crippen molar-refractivity contribution in [2.75, 3.05) is 18.1 Å². The van der Waals surface area contributed by atoms with E-state index in [0.29, 0.717) is 6.04 Å². The molecule has 0 radical (unpaired) electrons. The standard InChI is InChI=1S/C11H15N3S2/c1-11(2,7-12)10-14-9(6-16-10)8-5-15-4-3-13-8/h6,8,13H,3-5H2,1-2H3. The lowest BCUT2D eigenvalue weighted by Gasteiger charge is -2.21. The van der Waals surface area contributed by atoms with Gasteiger partial charge in [0.1, 0.15) is 10.4 Å². The molecule has 3 nitrogen and oxygen atoms in total. The summed E-state index contributed by atoms with van der Waals surface area (Å²) in [6, 6.07) is 2.66. The molecule has 86 valence electrons. The predicted molar refractivity (Wildman–Crippen MR) is 68.8 cm³/mol. The van der Waals surface area contributed by atoms with Gasteiger partial charge in [-0.05, 0) is 13.8 Å². The van der Waals surface area contributed by atoms with Crippen molar-refractivity contribution in [2.45, 2.75) is 25.3 Å². The Labute approximate surface area is 104 Å². The molecule has 16 heavy (non-hydrogen) atoms. The molecule has 1 fully saturated rings. The molecule has 1 saturated heterocycles. The van der Waals surface area contributed by atoms with Crippen LogP contribution in [0.5, 0.6) is 0 Å². The quantitative estimate of drug-likeness (QED) is 0.879. The summed E-state index contributed by atoms with van der Waals surface area (Å²) in [5.74, 6) is 2.26. The first kappa shape index (κ1) is 11.9. The molecular formula is C11H15N3S2. The summed E-state index contributed by atoms with van der Waals surface area (Å²) in [5, 5.41) is 15.5. The Hall–Kier alpha value is -0.570. The van der Waals surface area contributed by atoms with Crippen molar-refractivity contribution in [3.05, 3.63) is 16.1 Å². The minimum absolute atomic E-state index is 0.359. The number of thioether (sulfide) groups is 1. The van der Waals surface area contributed by atoms with E-state index in [-0.39, 0.29) is 0 Å². The van der Waals surface area contributed by atoms with E-state index in [2.05, 4.69) is 21.8 Å². The largest absolute Gasteiger partial charge is 0.307 e. The molecule has 0 aromatic carbocycles. The SMILES string of the molecule is CC(C)(C#N)c1nc(C2CSCCN2)cs1. The van der Waals surface area contributed by atoms with Crippen molar-refractivity contribution in [3.63, 3.8) is 0 Å². The molecule has 0 aliphatic carbocycles. The monoisotopic (exact) mass is 253 g/mol. The molecule has 1 aromatic rings. The molecule has 0 saturated carbocycles. The normalized spacial score (nSPS) is 21.7. The van der Waals surface area contributed by atoms with Crippen LogP contribution in [0.15, 0.2) is 5.38 Å². The number of nitriles is 1. The van der Waals surface area contributed by atoms with E-state index >= 15 is 0 Å². The highest BCUT2D eigenvalue weighted by molar-refractivity contribution is 7.99. The smallest absolute Gasteiger partial charge is 0.113 e. The van der Waals surface area contributed by atoms with Crippen LogP contribution in [-0.4, -0.2) is 23.0 Å². The summed E-state index contributed by atoms with van der Waals surface area (Å²) in [7, 11) is 0. The van der Waals surface area contributed by atoms with Gasteiger partial charge in [0, 0.05) is 23.4 Å². The molecule has 1 unspecified atom stereocenters. The van der Waals surface area contributed by atoms with Gasteiger partial charge in [-0.25, -0.2) is 4.98 Å². The lowest BCUT2D eigenvalue weighted by Crippen LogP contribution is -2.30. The van der Waals surface area contributed by atoms with Gasteiger partial charge in [0.15, 0.2) is 0 Å². The van der Waals surface area contributed by atoms with E-state index in [0.717, 1.165) is 23.0 Å². The van der Waals surface area contributed by atoms with Crippen LogP contribution in [0, 0.1) is 11.3 Å². The first-order valence-electron chi connectivity index (χ1n) is 5.32. The second-order valence-corrected chi connectivity index (χ2v) is 6.40. The summed E-state index contributed by atoms with van der Waals surface area (Å²) in [5.41, 5.74) is 0.626. The molecule has 0 bridgehead atoms. The molecule has 1 aromatic heterocycles. The molecule has 0 amide bonds. The summed E-state index contributed by atoms with van der Waals surface area (Å²) in [4.78, 5) is 4.60. The average Bonchev–Trinajstić information content (AvgIpc) is 2.80. The zero-order chi connectivity index (χ0) is 11.6. The summed E-state index contributed by atoms with van der Waals surface area (Å²) < 4.78 is 0. The molecule has 2 rings (SSSR count). The van der Waals surface area contributed by atoms with Gasteiger partial charge in [-0.1, -0.05) is 0 Å². The van der Waals surface area contributed by atoms with Gasteiger partial charge < -0.3 is 5.32 Å². The number of aromatic nitrogens is 1. The average molecular weight is 253 g/mol. The zero-order valence-corrected chi connectivity index (χ0v) is 11.1. The Kier molecular flexibility index (Phi) is 3.53. The second kappa shape index (κ2) is 4.74. The number of thiazole rings is 1. The second-order valence-electron chi connectivity index (χ2n) is 4.40. The maximum absolute atomic E-state index is 9.06. The third kappa shape index (κ3) is 2.40. The van der Waals surface area contributed by atoms with Crippen LogP contribution in [0.2, 0.25) is 0 Å². The predicted octanol–water partition coefficient (Wildman–Crippen LogP) is 2.32. The summed E-state index contributed by atoms with van der Waals surface area (Å²) >= 11 is 3.55. The van der Waals surface area contributed by atoms with Gasteiger partial charge >= 0.3 is 0 Å². The molecule has 1 atom stereocenters. The zero-order valence-electron chi connectivity index (χ0n) is 9.49. The third-order valence-electron chi connectivity index (χ3n) is 2.61. The third-order valence-corrected chi connectivity index (χ3v) is 4.86. The maximum atomic E-state index is 9.06. The lowest BCUT2D eigenvalue weighted by molar-refractivity contribution is 0.576. The van der Waals surface area contributed by atoms with E-state index in [1.807, 2.05) is 25.6 Å². The summed E-state index contributed by atoms with van der Waals surface area (Å²) in [6.07, 6.45) is 0. The van der Waals surface area contributed by atoms with Gasteiger partial charge in [-0.15, -0.1) is 11.3 Å². The molecule has 1 aliphatic heterocycles. The Morgan fingerprint density at radius 2 is 2.44 bits per heavy atom. The Morgan fingerprint density at radius 1 is 1.62 bits per heavy atom. The fourth-order valence-electron chi connectivity index (χ4n) is 1.54. The Balaban J connectivity index is 2.16. The molecule has 1 N–H and O–H groups in total. The Bertz CT molecular complexity index is 400. The van der Waals surface area contributed by atoms with Crippen LogP contribution >= 0.6 is 23.1 Å². The van der Waals surface area contributed by atoms with Crippen molar-refractivity contribution in [1.82, 2.24) is 10.3 Å². The van der Waals surface area contributed by atoms with Crippen molar-refractivity contribution < 1.29 is 0 Å². The van der Waals surface area contributed by atoms with Crippen molar-refractivity contribution in [3.8, 4) is 6.07 Å². The van der Waals surface area contributed by atoms with Gasteiger partial charge in [0.25, 0.3) is 0 Å². The van der Waals surface area contributed by atoms with E-state index in [1.54, 1.807) is 11.3 Å². The van der Waals surface area contributed by atoms with E-state index in [9.17, 15) is 0 Å². The molecule has 1 aliphatic rings. The molecular weight excluding hydrogens is 238 g/mol.